The lowest BCUT2D eigenvalue weighted by Crippen LogP contribution is -2.20. The third-order valence-corrected chi connectivity index (χ3v) is 2.58. The van der Waals surface area contributed by atoms with Gasteiger partial charge in [-0.15, -0.1) is 0 Å². The molecule has 0 aromatic carbocycles. The van der Waals surface area contributed by atoms with Crippen molar-refractivity contribution in [3.63, 3.8) is 0 Å². The van der Waals surface area contributed by atoms with Crippen LogP contribution in [0.15, 0.2) is 51.3 Å². The van der Waals surface area contributed by atoms with Crippen molar-refractivity contribution in [3.8, 4) is 0 Å². The van der Waals surface area contributed by atoms with E-state index >= 15 is 0 Å². The average Bonchev–Trinajstić information content (AvgIpc) is 2.82. The van der Waals surface area contributed by atoms with Crippen LogP contribution in [0, 0.1) is 0 Å². The summed E-state index contributed by atoms with van der Waals surface area (Å²) in [4.78, 5) is 27.4. The van der Waals surface area contributed by atoms with E-state index in [-0.39, 0.29) is 12.1 Å². The first kappa shape index (κ1) is 10.5. The van der Waals surface area contributed by atoms with Crippen molar-refractivity contribution in [2.24, 2.45) is 15.0 Å². The minimum Gasteiger partial charge on any atom is -0.477 e. The lowest BCUT2D eigenvalue weighted by atomic mass is 10.1. The van der Waals surface area contributed by atoms with Gasteiger partial charge < -0.3 is 5.11 Å². The van der Waals surface area contributed by atoms with Crippen LogP contribution in [0.1, 0.15) is 12.1 Å². The van der Waals surface area contributed by atoms with Crippen LogP contribution in [0.4, 0.5) is 0 Å². The van der Waals surface area contributed by atoms with Crippen LogP contribution in [-0.2, 0) is 4.79 Å². The van der Waals surface area contributed by atoms with Crippen molar-refractivity contribution in [1.82, 2.24) is 4.98 Å². The molecule has 1 aromatic heterocycles. The maximum Gasteiger partial charge on any atom is 0.350 e. The lowest BCUT2D eigenvalue weighted by molar-refractivity contribution is -0.129. The molecule has 0 unspecified atom stereocenters. The smallest absolute Gasteiger partial charge is 0.350 e. The Morgan fingerprint density at radius 2 is 2.17 bits per heavy atom. The SMILES string of the molecule is O=C(O)C1=NC=C2N=C(c3ccccn3)N=C2C1. The van der Waals surface area contributed by atoms with Crippen LogP contribution in [0.25, 0.3) is 0 Å². The van der Waals surface area contributed by atoms with Gasteiger partial charge in [-0.25, -0.2) is 14.8 Å². The molecule has 2 aliphatic heterocycles. The number of carboxylic acids is 1. The first-order valence-electron chi connectivity index (χ1n) is 5.32. The molecule has 0 atom stereocenters. The highest BCUT2D eigenvalue weighted by Crippen LogP contribution is 2.20. The van der Waals surface area contributed by atoms with Gasteiger partial charge in [-0.1, -0.05) is 6.07 Å². The summed E-state index contributed by atoms with van der Waals surface area (Å²) >= 11 is 0. The molecule has 18 heavy (non-hydrogen) atoms. The van der Waals surface area contributed by atoms with Crippen molar-refractivity contribution in [2.75, 3.05) is 0 Å². The van der Waals surface area contributed by atoms with Gasteiger partial charge >= 0.3 is 5.97 Å². The van der Waals surface area contributed by atoms with E-state index in [9.17, 15) is 4.79 Å². The van der Waals surface area contributed by atoms with Gasteiger partial charge in [0.1, 0.15) is 17.1 Å². The fourth-order valence-corrected chi connectivity index (χ4v) is 1.71. The molecule has 6 nitrogen and oxygen atoms in total. The Hall–Kier alpha value is -2.63. The highest BCUT2D eigenvalue weighted by molar-refractivity contribution is 6.42. The van der Waals surface area contributed by atoms with Crippen LogP contribution >= 0.6 is 0 Å². The Bertz CT molecular complexity index is 641. The number of aliphatic carboxylic acids is 1. The lowest BCUT2D eigenvalue weighted by Gasteiger charge is -2.05. The molecule has 0 spiro atoms. The number of hydrogen-bond donors (Lipinski definition) is 1. The molecule has 88 valence electrons. The third-order valence-electron chi connectivity index (χ3n) is 2.58. The van der Waals surface area contributed by atoms with E-state index in [0.717, 1.165) is 0 Å². The second kappa shape index (κ2) is 3.99. The number of carbonyl (C=O) groups is 1. The Kier molecular flexibility index (Phi) is 2.33. The molecule has 3 rings (SSSR count). The number of carboxylic acid groups (broad SMARTS) is 1. The van der Waals surface area contributed by atoms with Crippen LogP contribution in [0.5, 0.6) is 0 Å². The Morgan fingerprint density at radius 1 is 1.28 bits per heavy atom. The van der Waals surface area contributed by atoms with Crippen LogP contribution in [0.3, 0.4) is 0 Å². The minimum atomic E-state index is -1.03. The Labute approximate surface area is 102 Å². The normalized spacial score (nSPS) is 17.3. The summed E-state index contributed by atoms with van der Waals surface area (Å²) in [5, 5.41) is 8.88. The number of hydrogen-bond acceptors (Lipinski definition) is 5. The van der Waals surface area contributed by atoms with Gasteiger partial charge in [-0.2, -0.15) is 0 Å². The molecule has 0 bridgehead atoms. The van der Waals surface area contributed by atoms with Crippen LogP contribution in [-0.4, -0.2) is 33.3 Å². The molecular weight excluding hydrogens is 232 g/mol. The zero-order valence-electron chi connectivity index (χ0n) is 9.24. The van der Waals surface area contributed by atoms with Gasteiger partial charge in [0.2, 0.25) is 0 Å². The van der Waals surface area contributed by atoms with E-state index in [2.05, 4.69) is 20.0 Å². The molecule has 0 amide bonds. The molecule has 0 aliphatic carbocycles. The molecule has 1 aromatic rings. The summed E-state index contributed by atoms with van der Waals surface area (Å²) in [5.74, 6) is -0.530. The fraction of sp³-hybridized carbons (Fsp3) is 0.0833. The summed E-state index contributed by atoms with van der Waals surface area (Å²) in [6, 6.07) is 5.46. The second-order valence-corrected chi connectivity index (χ2v) is 3.78. The molecule has 6 heteroatoms. The molecule has 1 N–H and O–H groups in total. The molecule has 3 heterocycles. The molecule has 0 saturated carbocycles. The summed E-state index contributed by atoms with van der Waals surface area (Å²) in [5.41, 5.74) is 1.98. The predicted molar refractivity (Wildman–Crippen MR) is 66.0 cm³/mol. The number of aromatic nitrogens is 1. The fourth-order valence-electron chi connectivity index (χ4n) is 1.71. The van der Waals surface area contributed by atoms with Gasteiger partial charge in [0, 0.05) is 12.6 Å². The third kappa shape index (κ3) is 1.73. The van der Waals surface area contributed by atoms with E-state index in [1.165, 1.54) is 6.20 Å². The standard InChI is InChI=1S/C12H8N4O2/c17-12(18)9-5-8-10(6-14-9)16-11(15-8)7-3-1-2-4-13-7/h1-4,6H,5H2,(H,17,18). The van der Waals surface area contributed by atoms with Crippen molar-refractivity contribution in [2.45, 2.75) is 6.42 Å². The number of rotatable bonds is 2. The average molecular weight is 240 g/mol. The molecular formula is C12H8N4O2. The van der Waals surface area contributed by atoms with Gasteiger partial charge in [0.25, 0.3) is 0 Å². The monoisotopic (exact) mass is 240 g/mol. The predicted octanol–water partition coefficient (Wildman–Crippen LogP) is 1.05. The van der Waals surface area contributed by atoms with Gasteiger partial charge in [0.05, 0.1) is 11.9 Å². The van der Waals surface area contributed by atoms with Gasteiger partial charge in [0.15, 0.2) is 5.84 Å². The van der Waals surface area contributed by atoms with E-state index < -0.39 is 5.97 Å². The highest BCUT2D eigenvalue weighted by atomic mass is 16.4. The first-order valence-corrected chi connectivity index (χ1v) is 5.32. The number of allylic oxidation sites excluding steroid dienone is 1. The van der Waals surface area contributed by atoms with Crippen molar-refractivity contribution in [1.29, 1.82) is 0 Å². The zero-order chi connectivity index (χ0) is 12.5. The van der Waals surface area contributed by atoms with E-state index in [1.807, 2.05) is 12.1 Å². The highest BCUT2D eigenvalue weighted by Gasteiger charge is 2.25. The maximum absolute atomic E-state index is 10.8. The van der Waals surface area contributed by atoms with Crippen molar-refractivity contribution >= 4 is 23.2 Å². The topological polar surface area (TPSA) is 87.3 Å². The number of nitrogens with zero attached hydrogens (tertiary/aromatic N) is 4. The van der Waals surface area contributed by atoms with E-state index in [1.54, 1.807) is 12.3 Å². The van der Waals surface area contributed by atoms with Crippen molar-refractivity contribution in [3.05, 3.63) is 42.0 Å². The molecule has 2 aliphatic rings. The van der Waals surface area contributed by atoms with E-state index in [4.69, 9.17) is 5.11 Å². The summed E-state index contributed by atoms with van der Waals surface area (Å²) in [7, 11) is 0. The summed E-state index contributed by atoms with van der Waals surface area (Å²) < 4.78 is 0. The minimum absolute atomic E-state index is 0.0787. The Balaban J connectivity index is 1.94. The largest absolute Gasteiger partial charge is 0.477 e. The van der Waals surface area contributed by atoms with Crippen LogP contribution in [0.2, 0.25) is 0 Å². The van der Waals surface area contributed by atoms with Gasteiger partial charge in [-0.05, 0) is 12.1 Å². The number of amidine groups is 1. The molecule has 0 saturated heterocycles. The zero-order valence-corrected chi connectivity index (χ0v) is 9.24. The quantitative estimate of drug-likeness (QED) is 0.838. The van der Waals surface area contributed by atoms with Crippen molar-refractivity contribution < 1.29 is 9.90 Å². The Morgan fingerprint density at radius 3 is 2.89 bits per heavy atom. The first-order chi connectivity index (χ1) is 8.74. The molecule has 0 fully saturated rings. The van der Waals surface area contributed by atoms with Gasteiger partial charge in [-0.3, -0.25) is 9.98 Å². The van der Waals surface area contributed by atoms with E-state index in [0.29, 0.717) is 22.9 Å². The maximum atomic E-state index is 10.8. The number of pyridine rings is 1. The number of aliphatic imine (C=N–C) groups is 3. The second-order valence-electron chi connectivity index (χ2n) is 3.78. The molecule has 0 radical (unpaired) electrons. The summed E-state index contributed by atoms with van der Waals surface area (Å²) in [6.07, 6.45) is 3.29. The summed E-state index contributed by atoms with van der Waals surface area (Å²) in [6.45, 7) is 0. The van der Waals surface area contributed by atoms with Crippen LogP contribution < -0.4 is 0 Å². The number of fused-ring (bicyclic) bond motifs is 1.